The molecule has 11 amide bonds. The van der Waals surface area contributed by atoms with Crippen molar-refractivity contribution < 1.29 is 85.7 Å². The third-order valence-corrected chi connectivity index (χ3v) is 20.9. The molecule has 30 heteroatoms. The molecule has 3 rings (SSSR count). The summed E-state index contributed by atoms with van der Waals surface area (Å²) in [5, 5.41) is 23.6. The van der Waals surface area contributed by atoms with E-state index in [2.05, 4.69) is 21.3 Å². The molecule has 29 nitrogen and oxygen atoms in total. The number of carbonyl (C=O) groups is 12. The van der Waals surface area contributed by atoms with Gasteiger partial charge in [0.05, 0.1) is 19.3 Å². The van der Waals surface area contributed by atoms with Gasteiger partial charge in [-0.2, -0.15) is 0 Å². The van der Waals surface area contributed by atoms with E-state index in [-0.39, 0.29) is 80.3 Å². The zero-order valence-electron chi connectivity index (χ0n) is 69.1. The van der Waals surface area contributed by atoms with Gasteiger partial charge in [0.2, 0.25) is 71.3 Å². The maximum Gasteiger partial charge on any atom is 0.417 e. The number of amides is 11. The minimum Gasteiger partial charge on any atom is -0.480 e. The summed E-state index contributed by atoms with van der Waals surface area (Å²) in [5.74, 6) is -11.0. The Morgan fingerprint density at radius 3 is 1.50 bits per heavy atom. The van der Waals surface area contributed by atoms with Crippen LogP contribution in [0.3, 0.4) is 0 Å². The number of hydrogen-bond acceptors (Lipinski definition) is 18. The Kier molecular flexibility index (Phi) is 38.1. The van der Waals surface area contributed by atoms with Crippen LogP contribution in [0, 0.1) is 41.4 Å². The number of carbonyl (C=O) groups excluding carboxylic acids is 12. The molecule has 109 heavy (non-hydrogen) atoms. The first-order valence-corrected chi connectivity index (χ1v) is 39.8. The van der Waals surface area contributed by atoms with Gasteiger partial charge in [0.25, 0.3) is 0 Å². The highest BCUT2D eigenvalue weighted by molar-refractivity contribution is 7.54. The molecule has 0 aliphatic carbocycles. The number of aliphatic hydroxyl groups is 1. The summed E-state index contributed by atoms with van der Waals surface area (Å²) in [6.07, 6.45) is 0.482. The number of nitrogens with zero attached hydrogens (tertiary/aromatic N) is 7. The molecule has 612 valence electrons. The molecule has 0 spiro atoms. The number of hydrogen-bond donors (Lipinski definition) is 5. The summed E-state index contributed by atoms with van der Waals surface area (Å²) in [5.41, 5.74) is 0.651. The van der Waals surface area contributed by atoms with Crippen molar-refractivity contribution in [2.75, 3.05) is 68.8 Å². The monoisotopic (exact) mass is 1550 g/mol. The van der Waals surface area contributed by atoms with E-state index in [1.165, 1.54) is 94.6 Å². The Bertz CT molecular complexity index is 3460. The van der Waals surface area contributed by atoms with Gasteiger partial charge in [-0.25, -0.2) is 9.36 Å². The normalized spacial score (nSPS) is 24.3. The molecule has 1 heterocycles. The Balaban J connectivity index is 2.26. The van der Waals surface area contributed by atoms with Crippen molar-refractivity contribution in [3.05, 3.63) is 66.2 Å². The van der Waals surface area contributed by atoms with E-state index in [9.17, 15) is 48.0 Å². The zero-order chi connectivity index (χ0) is 83.0. The number of allylic oxidation sites excluding steroid dienone is 1. The minimum absolute atomic E-state index is 0.0493. The lowest BCUT2D eigenvalue weighted by Crippen LogP contribution is -2.63. The summed E-state index contributed by atoms with van der Waals surface area (Å²) < 4.78 is 36.5. The molecule has 0 radical (unpaired) electrons. The van der Waals surface area contributed by atoms with Gasteiger partial charge in [-0.3, -0.25) is 57.3 Å². The van der Waals surface area contributed by atoms with E-state index in [1.807, 2.05) is 55.4 Å². The van der Waals surface area contributed by atoms with E-state index in [1.54, 1.807) is 115 Å². The first-order valence-electron chi connectivity index (χ1n) is 38.1. The smallest absolute Gasteiger partial charge is 0.417 e. The third-order valence-electron chi connectivity index (χ3n) is 19.3. The number of aliphatic hydroxyl groups excluding tert-OH is 1. The first kappa shape index (κ1) is 94.8. The fraction of sp³-hybridized carbons (Fsp3) is 0.671. The Morgan fingerprint density at radius 2 is 1.00 bits per heavy atom. The summed E-state index contributed by atoms with van der Waals surface area (Å²) in [6, 6.07) is 1.87. The van der Waals surface area contributed by atoms with Gasteiger partial charge in [0.15, 0.2) is 6.10 Å². The highest BCUT2D eigenvalue weighted by Crippen LogP contribution is 2.49. The number of para-hydroxylation sites is 1. The number of esters is 1. The number of nitrogens with one attached hydrogen (secondary N) is 4. The quantitative estimate of drug-likeness (QED) is 0.0494. The molecule has 14 atom stereocenters. The number of likely N-dealkylation sites (N-methyl/N-ethyl adjacent to an activating group) is 7. The van der Waals surface area contributed by atoms with Crippen LogP contribution in [0.5, 0.6) is 11.5 Å². The Morgan fingerprint density at radius 1 is 0.523 bits per heavy atom. The van der Waals surface area contributed by atoms with E-state index < -0.39 is 182 Å². The summed E-state index contributed by atoms with van der Waals surface area (Å²) in [4.78, 5) is 184. The highest BCUT2D eigenvalue weighted by atomic mass is 31.2. The van der Waals surface area contributed by atoms with Crippen LogP contribution >= 0.6 is 7.60 Å². The average molecular weight is 1550 g/mol. The molecular formula is C79H128N11O18P. The lowest BCUT2D eigenvalue weighted by Gasteiger charge is -2.41. The highest BCUT2D eigenvalue weighted by Gasteiger charge is 2.46. The van der Waals surface area contributed by atoms with Gasteiger partial charge in [-0.1, -0.05) is 139 Å². The molecule has 1 saturated heterocycles. The van der Waals surface area contributed by atoms with Gasteiger partial charge in [-0.15, -0.1) is 0 Å². The van der Waals surface area contributed by atoms with Gasteiger partial charge < -0.3 is 74.7 Å². The maximum absolute atomic E-state index is 15.6. The lowest BCUT2D eigenvalue weighted by atomic mass is 9.91. The van der Waals surface area contributed by atoms with Crippen LogP contribution in [0.25, 0.3) is 6.08 Å². The van der Waals surface area contributed by atoms with Crippen molar-refractivity contribution in [2.24, 2.45) is 41.4 Å². The predicted molar refractivity (Wildman–Crippen MR) is 416 cm³/mol. The molecule has 2 aromatic rings. The van der Waals surface area contributed by atoms with Crippen LogP contribution in [-0.2, 0) is 71.4 Å². The second kappa shape index (κ2) is 43.8. The van der Waals surface area contributed by atoms with E-state index in [0.29, 0.717) is 5.56 Å². The van der Waals surface area contributed by atoms with Crippen LogP contribution in [0.4, 0.5) is 0 Å². The van der Waals surface area contributed by atoms with Crippen molar-refractivity contribution in [3.63, 3.8) is 0 Å². The third kappa shape index (κ3) is 27.8. The molecule has 5 N–H and O–H groups in total. The molecule has 1 fully saturated rings. The molecule has 1 aliphatic heterocycles. The van der Waals surface area contributed by atoms with Crippen LogP contribution in [0.15, 0.2) is 60.7 Å². The largest absolute Gasteiger partial charge is 0.480 e. The van der Waals surface area contributed by atoms with Gasteiger partial charge in [-0.05, 0) is 137 Å². The molecular weight excluding hydrogens is 1420 g/mol. The SMILES string of the molecule is CCOC(=O)[C@@H](C)OP(=O)(COc1ccc(/C=C/C[C@@H](C)[C@@H](O)[C@H]2C(=O)N[C@@H](CC)C(=O)N(C)CC(=O)N(C)[C@@H](CC(C)C)C(=O)N[C@@H](C(C)C)C(=O)N(C)[C@@H](CC(C)C)C(=O)N[C@@H](C)C(=O)N[C@H](C)C(=O)N(C)[C@@H](CC(C)C)C(=O)N(C)[C@@H](CC(C)C)C(=O)N(C)[C@@H](C(C)C)C(=O)N2C)cc1)Oc1ccccc1. The van der Waals surface area contributed by atoms with Crippen LogP contribution < -0.4 is 30.5 Å². The second-order valence-electron chi connectivity index (χ2n) is 31.3. The van der Waals surface area contributed by atoms with Gasteiger partial charge in [0.1, 0.15) is 71.9 Å². The molecule has 1 unspecified atom stereocenters. The van der Waals surface area contributed by atoms with Crippen molar-refractivity contribution in [3.8, 4) is 11.5 Å². The average Bonchev–Trinajstić information content (AvgIpc) is 0.793. The van der Waals surface area contributed by atoms with Crippen molar-refractivity contribution in [1.29, 1.82) is 0 Å². The summed E-state index contributed by atoms with van der Waals surface area (Å²) in [7, 11) is 5.60. The molecule has 2 aromatic carbocycles. The second-order valence-corrected chi connectivity index (χ2v) is 33.2. The number of rotatable bonds is 25. The maximum atomic E-state index is 15.6. The van der Waals surface area contributed by atoms with E-state index in [0.717, 1.165) is 9.80 Å². The Hall–Kier alpha value is -8.43. The van der Waals surface area contributed by atoms with Crippen molar-refractivity contribution >= 4 is 84.6 Å². The standard InChI is InChI=1S/C79H128N11O18P/c1-26-59-74(98)84(19)44-64(91)85(20)60(40-46(3)4)71(95)83-65(50(11)12)77(101)86(21)61(41-47(5)6)70(94)80-53(16)69(93)81-54(17)73(97)87(22)62(42-48(7)8)75(99)88(23)63(43-49(9)10)76(100)89(24)66(51(13)14)78(102)90(25)67(72(96)82-59)68(92)52(15)32-31-33-56-36-38-57(39-37-56)106-45-109(104,107-55(18)79(103)105-27-2)108-58-34-29-28-30-35-58/h28-31,33-39,46-55,59-63,65-68,92H,26-27,32,40-45H2,1-25H3,(H,80,94)(H,81,93)(H,82,96)(H,83,95)/b33-31+/t52-,53+,54-,55-,59+,60+,61+,62+,63+,65+,66+,67+,68-,109?/m1/s1. The molecule has 1 aliphatic rings. The van der Waals surface area contributed by atoms with Crippen LogP contribution in [-0.4, -0.2) is 252 Å². The summed E-state index contributed by atoms with van der Waals surface area (Å²) in [6.45, 7) is 30.2. The predicted octanol–water partition coefficient (Wildman–Crippen LogP) is 6.98. The van der Waals surface area contributed by atoms with E-state index >= 15 is 19.2 Å². The van der Waals surface area contributed by atoms with Crippen molar-refractivity contribution in [2.45, 2.75) is 236 Å². The Labute approximate surface area is 646 Å². The minimum atomic E-state index is -4.15. The van der Waals surface area contributed by atoms with Crippen LogP contribution in [0.1, 0.15) is 169 Å². The lowest BCUT2D eigenvalue weighted by molar-refractivity contribution is -0.157. The zero-order valence-corrected chi connectivity index (χ0v) is 70.0. The topological polar surface area (TPSA) is 350 Å². The van der Waals surface area contributed by atoms with Crippen molar-refractivity contribution in [1.82, 2.24) is 55.6 Å². The molecule has 0 aromatic heterocycles. The molecule has 0 saturated carbocycles. The first-order chi connectivity index (χ1) is 50.7. The summed E-state index contributed by atoms with van der Waals surface area (Å²) >= 11 is 0. The van der Waals surface area contributed by atoms with Gasteiger partial charge in [0, 0.05) is 49.3 Å². The van der Waals surface area contributed by atoms with Crippen LogP contribution in [0.2, 0.25) is 0 Å². The molecule has 0 bridgehead atoms. The van der Waals surface area contributed by atoms with E-state index in [4.69, 9.17) is 18.5 Å². The number of benzene rings is 2. The fourth-order valence-electron chi connectivity index (χ4n) is 12.8. The number of ether oxygens (including phenoxy) is 2. The van der Waals surface area contributed by atoms with Gasteiger partial charge >= 0.3 is 13.6 Å². The fourth-order valence-corrected chi connectivity index (χ4v) is 14.3.